The van der Waals surface area contributed by atoms with Gasteiger partial charge in [-0.15, -0.1) is 0 Å². The molecule has 1 atom stereocenters. The summed E-state index contributed by atoms with van der Waals surface area (Å²) in [7, 11) is 0. The molecule has 0 aliphatic rings. The topological polar surface area (TPSA) is 68.0 Å². The Labute approximate surface area is 83.5 Å². The van der Waals surface area contributed by atoms with Gasteiger partial charge in [-0.25, -0.2) is 0 Å². The number of carbonyl (C=O) groups excluding carboxylic acids is 1. The average Bonchev–Trinajstić information content (AvgIpc) is 2.19. The Kier molecular flexibility index (Phi) is 3.19. The van der Waals surface area contributed by atoms with E-state index in [-0.39, 0.29) is 5.91 Å². The molecule has 1 aromatic rings. The monoisotopic (exact) mass is 193 g/mol. The lowest BCUT2D eigenvalue weighted by atomic mass is 9.99. The minimum atomic E-state index is -0.816. The van der Waals surface area contributed by atoms with Crippen LogP contribution in [0, 0.1) is 0 Å². The molecule has 1 amide bonds. The van der Waals surface area contributed by atoms with Gasteiger partial charge in [0.2, 0.25) is 5.91 Å². The molecule has 0 radical (unpaired) electrons. The van der Waals surface area contributed by atoms with Gasteiger partial charge in [-0.3, -0.25) is 9.78 Å². The lowest BCUT2D eigenvalue weighted by molar-refractivity contribution is -0.120. The van der Waals surface area contributed by atoms with E-state index in [0.717, 1.165) is 5.69 Å². The second kappa shape index (κ2) is 4.19. The molecule has 1 heterocycles. The molecule has 4 heteroatoms. The number of aromatic nitrogens is 1. The van der Waals surface area contributed by atoms with Crippen LogP contribution in [0.4, 0.5) is 5.69 Å². The highest BCUT2D eigenvalue weighted by molar-refractivity contribution is 5.97. The molecule has 1 aromatic heterocycles. The van der Waals surface area contributed by atoms with E-state index in [2.05, 4.69) is 10.3 Å². The summed E-state index contributed by atoms with van der Waals surface area (Å²) in [5, 5.41) is 2.73. The molecular weight excluding hydrogens is 178 g/mol. The Morgan fingerprint density at radius 2 is 2.14 bits per heavy atom. The third-order valence-corrected chi connectivity index (χ3v) is 2.19. The summed E-state index contributed by atoms with van der Waals surface area (Å²) in [6, 6.07) is 3.45. The number of nitrogens with one attached hydrogen (secondary N) is 1. The van der Waals surface area contributed by atoms with Crippen molar-refractivity contribution in [2.24, 2.45) is 5.73 Å². The Bertz CT molecular complexity index is 308. The van der Waals surface area contributed by atoms with E-state index in [1.807, 2.05) is 6.92 Å². The zero-order valence-electron chi connectivity index (χ0n) is 8.45. The van der Waals surface area contributed by atoms with Crippen LogP contribution in [-0.4, -0.2) is 16.4 Å². The first-order valence-electron chi connectivity index (χ1n) is 4.56. The van der Waals surface area contributed by atoms with Crippen LogP contribution in [0.3, 0.4) is 0 Å². The molecule has 0 fully saturated rings. The van der Waals surface area contributed by atoms with Crippen LogP contribution in [0.15, 0.2) is 24.5 Å². The summed E-state index contributed by atoms with van der Waals surface area (Å²) in [5.74, 6) is -0.175. The number of rotatable bonds is 3. The van der Waals surface area contributed by atoms with Gasteiger partial charge in [0.15, 0.2) is 0 Å². The van der Waals surface area contributed by atoms with E-state index in [4.69, 9.17) is 5.73 Å². The number of amides is 1. The van der Waals surface area contributed by atoms with Gasteiger partial charge in [0.25, 0.3) is 0 Å². The van der Waals surface area contributed by atoms with Gasteiger partial charge in [-0.1, -0.05) is 6.92 Å². The second-order valence-corrected chi connectivity index (χ2v) is 3.46. The first-order chi connectivity index (χ1) is 6.56. The molecule has 1 unspecified atom stereocenters. The van der Waals surface area contributed by atoms with Crippen molar-refractivity contribution >= 4 is 11.6 Å². The van der Waals surface area contributed by atoms with Gasteiger partial charge in [-0.2, -0.15) is 0 Å². The first kappa shape index (κ1) is 10.7. The highest BCUT2D eigenvalue weighted by Gasteiger charge is 2.25. The van der Waals surface area contributed by atoms with E-state index in [1.165, 1.54) is 0 Å². The average molecular weight is 193 g/mol. The molecule has 1 rings (SSSR count). The van der Waals surface area contributed by atoms with Crippen molar-refractivity contribution in [1.29, 1.82) is 0 Å². The fourth-order valence-electron chi connectivity index (χ4n) is 0.870. The molecule has 3 N–H and O–H groups in total. The fourth-order valence-corrected chi connectivity index (χ4v) is 0.870. The van der Waals surface area contributed by atoms with Gasteiger partial charge in [0.1, 0.15) is 0 Å². The first-order valence-corrected chi connectivity index (χ1v) is 4.56. The molecule has 0 spiro atoms. The predicted molar refractivity (Wildman–Crippen MR) is 55.8 cm³/mol. The lowest BCUT2D eigenvalue weighted by Gasteiger charge is -2.21. The summed E-state index contributed by atoms with van der Waals surface area (Å²) in [6.07, 6.45) is 3.84. The van der Waals surface area contributed by atoms with Crippen molar-refractivity contribution in [3.05, 3.63) is 24.5 Å². The van der Waals surface area contributed by atoms with Gasteiger partial charge < -0.3 is 11.1 Å². The van der Waals surface area contributed by atoms with Crippen molar-refractivity contribution in [1.82, 2.24) is 4.98 Å². The number of hydrogen-bond donors (Lipinski definition) is 2. The second-order valence-electron chi connectivity index (χ2n) is 3.46. The Hall–Kier alpha value is -1.42. The zero-order valence-corrected chi connectivity index (χ0v) is 8.45. The van der Waals surface area contributed by atoms with E-state index < -0.39 is 5.54 Å². The molecule has 0 saturated carbocycles. The van der Waals surface area contributed by atoms with Crippen LogP contribution in [-0.2, 0) is 4.79 Å². The van der Waals surface area contributed by atoms with Crippen molar-refractivity contribution in [3.8, 4) is 0 Å². The summed E-state index contributed by atoms with van der Waals surface area (Å²) in [5.41, 5.74) is 5.68. The SMILES string of the molecule is CCC(C)(N)C(=O)Nc1ccncc1. The molecule has 0 aliphatic heterocycles. The summed E-state index contributed by atoms with van der Waals surface area (Å²) >= 11 is 0. The van der Waals surface area contributed by atoms with E-state index in [0.29, 0.717) is 6.42 Å². The summed E-state index contributed by atoms with van der Waals surface area (Å²) in [4.78, 5) is 15.5. The molecular formula is C10H15N3O. The number of pyridine rings is 1. The Morgan fingerprint density at radius 1 is 1.57 bits per heavy atom. The predicted octanol–water partition coefficient (Wildman–Crippen LogP) is 1.15. The number of nitrogens with zero attached hydrogens (tertiary/aromatic N) is 1. The highest BCUT2D eigenvalue weighted by atomic mass is 16.2. The Morgan fingerprint density at radius 3 is 2.64 bits per heavy atom. The normalized spacial score (nSPS) is 14.5. The zero-order chi connectivity index (χ0) is 10.6. The van der Waals surface area contributed by atoms with Crippen LogP contribution in [0.25, 0.3) is 0 Å². The van der Waals surface area contributed by atoms with Crippen molar-refractivity contribution < 1.29 is 4.79 Å². The molecule has 0 saturated heterocycles. The quantitative estimate of drug-likeness (QED) is 0.756. The molecule has 76 valence electrons. The standard InChI is InChI=1S/C10H15N3O/c1-3-10(2,11)9(14)13-8-4-6-12-7-5-8/h4-7H,3,11H2,1-2H3,(H,12,13,14). The number of nitrogens with two attached hydrogens (primary N) is 1. The van der Waals surface area contributed by atoms with Gasteiger partial charge >= 0.3 is 0 Å². The maximum Gasteiger partial charge on any atom is 0.244 e. The highest BCUT2D eigenvalue weighted by Crippen LogP contribution is 2.10. The van der Waals surface area contributed by atoms with Crippen LogP contribution < -0.4 is 11.1 Å². The van der Waals surface area contributed by atoms with Gasteiger partial charge in [-0.05, 0) is 25.5 Å². The molecule has 0 aromatic carbocycles. The maximum absolute atomic E-state index is 11.6. The van der Waals surface area contributed by atoms with Crippen molar-refractivity contribution in [2.75, 3.05) is 5.32 Å². The number of carbonyl (C=O) groups is 1. The fraction of sp³-hybridized carbons (Fsp3) is 0.400. The molecule has 4 nitrogen and oxygen atoms in total. The maximum atomic E-state index is 11.6. The summed E-state index contributed by atoms with van der Waals surface area (Å²) in [6.45, 7) is 3.59. The minimum absolute atomic E-state index is 0.175. The minimum Gasteiger partial charge on any atom is -0.324 e. The smallest absolute Gasteiger partial charge is 0.244 e. The number of hydrogen-bond acceptors (Lipinski definition) is 3. The lowest BCUT2D eigenvalue weighted by Crippen LogP contribution is -2.47. The van der Waals surface area contributed by atoms with Gasteiger partial charge in [0, 0.05) is 18.1 Å². The summed E-state index contributed by atoms with van der Waals surface area (Å²) < 4.78 is 0. The third-order valence-electron chi connectivity index (χ3n) is 2.19. The van der Waals surface area contributed by atoms with E-state index >= 15 is 0 Å². The third kappa shape index (κ3) is 2.53. The van der Waals surface area contributed by atoms with Crippen LogP contribution in [0.1, 0.15) is 20.3 Å². The van der Waals surface area contributed by atoms with Gasteiger partial charge in [0.05, 0.1) is 5.54 Å². The Balaban J connectivity index is 2.67. The van der Waals surface area contributed by atoms with Crippen molar-refractivity contribution in [2.45, 2.75) is 25.8 Å². The van der Waals surface area contributed by atoms with Crippen molar-refractivity contribution in [3.63, 3.8) is 0 Å². The van der Waals surface area contributed by atoms with Crippen LogP contribution >= 0.6 is 0 Å². The van der Waals surface area contributed by atoms with E-state index in [1.54, 1.807) is 31.5 Å². The molecule has 0 bridgehead atoms. The number of anilines is 1. The van der Waals surface area contributed by atoms with E-state index in [9.17, 15) is 4.79 Å². The van der Waals surface area contributed by atoms with Crippen LogP contribution in [0.2, 0.25) is 0 Å². The largest absolute Gasteiger partial charge is 0.324 e. The molecule has 0 aliphatic carbocycles. The van der Waals surface area contributed by atoms with Crippen LogP contribution in [0.5, 0.6) is 0 Å². The molecule has 14 heavy (non-hydrogen) atoms.